The molecule has 3 aromatic heterocycles. The summed E-state index contributed by atoms with van der Waals surface area (Å²) >= 11 is 0. The van der Waals surface area contributed by atoms with Gasteiger partial charge >= 0.3 is 0 Å². The van der Waals surface area contributed by atoms with Crippen molar-refractivity contribution in [2.24, 2.45) is 0 Å². The largest absolute Gasteiger partial charge is 0.510 e. The average Bonchev–Trinajstić information content (AvgIpc) is 3.73. The van der Waals surface area contributed by atoms with Gasteiger partial charge in [0.2, 0.25) is 0 Å². The van der Waals surface area contributed by atoms with Crippen molar-refractivity contribution < 1.29 is 30.4 Å². The molecule has 0 N–H and O–H groups in total. The third kappa shape index (κ3) is 5.90. The molecule has 0 spiro atoms. The van der Waals surface area contributed by atoms with E-state index in [4.69, 9.17) is 9.72 Å². The van der Waals surface area contributed by atoms with Crippen LogP contribution in [0.5, 0.6) is 11.5 Å². The van der Waals surface area contributed by atoms with E-state index in [1.165, 1.54) is 50.2 Å². The number of imidazole rings is 1. The molecule has 0 aliphatic carbocycles. The van der Waals surface area contributed by atoms with Gasteiger partial charge in [0.1, 0.15) is 5.82 Å². The number of pyridine rings is 1. The molecule has 0 saturated heterocycles. The van der Waals surface area contributed by atoms with E-state index in [-0.39, 0.29) is 21.1 Å². The molecule has 0 saturated carbocycles. The van der Waals surface area contributed by atoms with E-state index >= 15 is 0 Å². The van der Waals surface area contributed by atoms with Crippen LogP contribution < -0.4 is 9.30 Å². The minimum atomic E-state index is 0. The third-order valence-electron chi connectivity index (χ3n) is 10.3. The zero-order chi connectivity index (χ0) is 34.7. The topological polar surface area (TPSA) is 35.9 Å². The van der Waals surface area contributed by atoms with Gasteiger partial charge in [0.25, 0.3) is 6.33 Å². The maximum atomic E-state index is 6.46. The van der Waals surface area contributed by atoms with Crippen molar-refractivity contribution in [1.29, 1.82) is 0 Å². The van der Waals surface area contributed by atoms with Gasteiger partial charge in [-0.3, -0.25) is 4.57 Å². The summed E-state index contributed by atoms with van der Waals surface area (Å²) in [5, 5.41) is 2.22. The smallest absolute Gasteiger partial charge is 0.267 e. The summed E-state index contributed by atoms with van der Waals surface area (Å²) in [4.78, 5) is 4.86. The summed E-state index contributed by atoms with van der Waals surface area (Å²) in [5.74, 6) is 2.03. The Balaban J connectivity index is 0.00000406. The van der Waals surface area contributed by atoms with Crippen LogP contribution in [0.25, 0.3) is 50.1 Å². The van der Waals surface area contributed by atoms with Crippen molar-refractivity contribution in [1.82, 2.24) is 14.1 Å². The molecule has 0 fully saturated rings. The minimum Gasteiger partial charge on any atom is -0.510 e. The van der Waals surface area contributed by atoms with Crippen LogP contribution in [-0.2, 0) is 21.1 Å². The summed E-state index contributed by atoms with van der Waals surface area (Å²) in [5.41, 5.74) is 15.3. The fraction of sp³-hybridized carbons (Fsp3) is 0.156. The molecule has 0 radical (unpaired) electrons. The van der Waals surface area contributed by atoms with Crippen molar-refractivity contribution in [2.75, 3.05) is 0 Å². The van der Waals surface area contributed by atoms with Crippen LogP contribution in [0.3, 0.4) is 0 Å². The molecule has 0 bridgehead atoms. The quantitative estimate of drug-likeness (QED) is 0.124. The molecular weight excluding hydrogens is 808 g/mol. The molecule has 6 heteroatoms. The van der Waals surface area contributed by atoms with Crippen molar-refractivity contribution in [3.63, 3.8) is 0 Å². The van der Waals surface area contributed by atoms with E-state index in [0.29, 0.717) is 11.5 Å². The fourth-order valence-electron chi connectivity index (χ4n) is 7.31. The third-order valence-corrected chi connectivity index (χ3v) is 10.3. The van der Waals surface area contributed by atoms with Crippen LogP contribution in [0, 0.1) is 66.9 Å². The first-order chi connectivity index (χ1) is 24.2. The van der Waals surface area contributed by atoms with Crippen molar-refractivity contribution >= 4 is 21.8 Å². The van der Waals surface area contributed by atoms with E-state index in [1.807, 2.05) is 41.2 Å². The number of aromatic nitrogens is 4. The molecule has 5 aromatic carbocycles. The van der Waals surface area contributed by atoms with Gasteiger partial charge in [-0.1, -0.05) is 41.9 Å². The zero-order valence-corrected chi connectivity index (χ0v) is 32.1. The van der Waals surface area contributed by atoms with Gasteiger partial charge in [-0.05, 0) is 128 Å². The van der Waals surface area contributed by atoms with Crippen LogP contribution in [0.2, 0.25) is 0 Å². The Bertz CT molecular complexity index is 2560. The van der Waals surface area contributed by atoms with E-state index in [0.717, 1.165) is 38.9 Å². The average molecular weight is 846 g/mol. The number of nitrogens with zero attached hydrogens (tertiary/aromatic N) is 4. The Morgan fingerprint density at radius 1 is 0.667 bits per heavy atom. The van der Waals surface area contributed by atoms with E-state index in [9.17, 15) is 0 Å². The van der Waals surface area contributed by atoms with Gasteiger partial charge in [0, 0.05) is 56.7 Å². The number of hydrogen-bond acceptors (Lipinski definition) is 2. The standard InChI is InChI=1S/C45H38N4O.Pt/c1-28-12-10-13-29(2)44(28)35-20-21-46-43(24-35)49-41-17-9-8-16-39(41)40-19-18-38(26-42(40)49)50-37-15-11-14-36(25-37)47-22-23-48(27-47)45-33(6)31(4)30(3)32(5)34(45)7;/h8-24H,1-7H3;/q-2;. The maximum Gasteiger partial charge on any atom is 0.267 e. The first-order valence-electron chi connectivity index (χ1n) is 17.0. The number of benzene rings is 5. The Morgan fingerprint density at radius 2 is 1.35 bits per heavy atom. The Kier molecular flexibility index (Phi) is 9.03. The molecule has 51 heavy (non-hydrogen) atoms. The first kappa shape index (κ1) is 34.2. The van der Waals surface area contributed by atoms with Crippen LogP contribution in [0.1, 0.15) is 38.9 Å². The predicted octanol–water partition coefficient (Wildman–Crippen LogP) is 10.3. The van der Waals surface area contributed by atoms with Crippen molar-refractivity contribution in [3.8, 4) is 39.8 Å². The molecule has 0 amide bonds. The SMILES string of the molecule is Cc1cccc(C)c1-c1ccnc(-n2c3[c-]c(Oc4[c-]c(-n5[c-][n+](-c6c(C)c(C)c(C)c(C)c6C)cc5)ccc4)ccc3c3ccccc32)c1.[Pt]. The zero-order valence-electron chi connectivity index (χ0n) is 29.8. The number of fused-ring (bicyclic) bond motifs is 3. The molecule has 256 valence electrons. The van der Waals surface area contributed by atoms with E-state index < -0.39 is 0 Å². The summed E-state index contributed by atoms with van der Waals surface area (Å²) in [7, 11) is 0. The number of ether oxygens (including phenoxy) is 1. The van der Waals surface area contributed by atoms with Crippen LogP contribution in [0.15, 0.2) is 104 Å². The van der Waals surface area contributed by atoms with Gasteiger partial charge in [0.15, 0.2) is 0 Å². The summed E-state index contributed by atoms with van der Waals surface area (Å²) in [6, 6.07) is 36.1. The van der Waals surface area contributed by atoms with Crippen molar-refractivity contribution in [3.05, 3.63) is 161 Å². The predicted molar refractivity (Wildman–Crippen MR) is 201 cm³/mol. The molecule has 3 heterocycles. The van der Waals surface area contributed by atoms with Gasteiger partial charge in [0.05, 0.1) is 5.69 Å². The number of hydrogen-bond donors (Lipinski definition) is 0. The Labute approximate surface area is 314 Å². The summed E-state index contributed by atoms with van der Waals surface area (Å²) < 4.78 is 12.7. The van der Waals surface area contributed by atoms with Gasteiger partial charge < -0.3 is 13.9 Å². The van der Waals surface area contributed by atoms with E-state index in [2.05, 4.69) is 143 Å². The molecule has 0 atom stereocenters. The molecule has 0 aliphatic heterocycles. The summed E-state index contributed by atoms with van der Waals surface area (Å²) in [6.07, 6.45) is 9.46. The number of aryl methyl sites for hydroxylation is 2. The molecule has 0 unspecified atom stereocenters. The number of para-hydroxylation sites is 1. The van der Waals surface area contributed by atoms with Crippen LogP contribution >= 0.6 is 0 Å². The normalized spacial score (nSPS) is 11.3. The first-order valence-corrected chi connectivity index (χ1v) is 17.0. The Hall–Kier alpha value is -5.25. The summed E-state index contributed by atoms with van der Waals surface area (Å²) in [6.45, 7) is 15.3. The van der Waals surface area contributed by atoms with Crippen LogP contribution in [-0.4, -0.2) is 14.1 Å². The van der Waals surface area contributed by atoms with Gasteiger partial charge in [-0.2, -0.15) is 18.2 Å². The molecule has 5 nitrogen and oxygen atoms in total. The van der Waals surface area contributed by atoms with E-state index in [1.54, 1.807) is 0 Å². The second-order valence-corrected chi connectivity index (χ2v) is 13.2. The maximum absolute atomic E-state index is 6.46. The molecular formula is C45H38N4OPt-2. The second kappa shape index (κ2) is 13.5. The van der Waals surface area contributed by atoms with Crippen LogP contribution in [0.4, 0.5) is 0 Å². The number of rotatable bonds is 6. The monoisotopic (exact) mass is 845 g/mol. The minimum absolute atomic E-state index is 0. The molecule has 8 rings (SSSR count). The molecule has 8 aromatic rings. The van der Waals surface area contributed by atoms with Gasteiger partial charge in [-0.15, -0.1) is 29.7 Å². The van der Waals surface area contributed by atoms with Gasteiger partial charge in [-0.25, -0.2) is 4.98 Å². The van der Waals surface area contributed by atoms with Crippen molar-refractivity contribution in [2.45, 2.75) is 48.5 Å². The molecule has 0 aliphatic rings. The Morgan fingerprint density at radius 3 is 2.12 bits per heavy atom. The second-order valence-electron chi connectivity index (χ2n) is 13.2. The fourth-order valence-corrected chi connectivity index (χ4v) is 7.31.